The Bertz CT molecular complexity index is 1000. The van der Waals surface area contributed by atoms with E-state index in [-0.39, 0.29) is 29.1 Å². The first-order valence-electron chi connectivity index (χ1n) is 9.68. The van der Waals surface area contributed by atoms with Crippen molar-refractivity contribution in [3.8, 4) is 5.88 Å². The van der Waals surface area contributed by atoms with E-state index in [2.05, 4.69) is 10.3 Å². The molecule has 2 aliphatic rings. The first kappa shape index (κ1) is 23.6. The molecule has 3 rings (SSSR count). The normalized spacial score (nSPS) is 19.7. The van der Waals surface area contributed by atoms with Crippen molar-refractivity contribution in [1.29, 1.82) is 5.41 Å². The molecule has 1 aromatic rings. The number of carbonyl (C=O) groups is 3. The van der Waals surface area contributed by atoms with Crippen LogP contribution in [0.15, 0.2) is 24.4 Å². The molecule has 12 heteroatoms. The highest BCUT2D eigenvalue weighted by Gasteiger charge is 2.60. The molecule has 2 heterocycles. The Kier molecular flexibility index (Phi) is 6.23. The number of hydrogen-bond donors (Lipinski definition) is 3. The molecule has 0 saturated carbocycles. The Morgan fingerprint density at radius 1 is 1.50 bits per heavy atom. The Morgan fingerprint density at radius 2 is 2.16 bits per heavy atom. The van der Waals surface area contributed by atoms with Gasteiger partial charge >= 0.3 is 0 Å². The molecule has 0 radical (unpaired) electrons. The van der Waals surface area contributed by atoms with Gasteiger partial charge in [-0.25, -0.2) is 13.8 Å². The molecule has 1 aliphatic carbocycles. The predicted molar refractivity (Wildman–Crippen MR) is 110 cm³/mol. The van der Waals surface area contributed by atoms with E-state index < -0.39 is 48.3 Å². The fourth-order valence-electron chi connectivity index (χ4n) is 3.53. The maximum absolute atomic E-state index is 13.1. The standard InChI is InChI=1S/C20H22ClF2N5O4/c1-10(11-5-13(21)17(27-6-11)32-9-19(2,22)23)28-8-12(20(3-4-20)18(28)31)15(25)16(30)26-7-14(24)29/h3-6,10,12,25H,7-9H2,1-2H3,(H2,24,29)(H,26,30). The van der Waals surface area contributed by atoms with Gasteiger partial charge in [0.1, 0.15) is 10.7 Å². The molecule has 1 fully saturated rings. The monoisotopic (exact) mass is 469 g/mol. The fourth-order valence-corrected chi connectivity index (χ4v) is 3.76. The molecule has 2 atom stereocenters. The van der Waals surface area contributed by atoms with Gasteiger partial charge in [0.15, 0.2) is 6.61 Å². The first-order chi connectivity index (χ1) is 14.9. The van der Waals surface area contributed by atoms with E-state index in [1.54, 1.807) is 19.1 Å². The van der Waals surface area contributed by atoms with Crippen LogP contribution in [0.2, 0.25) is 5.02 Å². The SMILES string of the molecule is CC(c1cnc(OCC(C)(F)F)c(Cl)c1)N1CC(C(=N)C(=O)NCC(N)=O)C2(C=C2)C1=O. The molecular weight excluding hydrogens is 448 g/mol. The molecule has 0 bridgehead atoms. The molecule has 9 nitrogen and oxygen atoms in total. The van der Waals surface area contributed by atoms with E-state index in [1.807, 2.05) is 0 Å². The average Bonchev–Trinajstić information content (AvgIpc) is 3.45. The maximum Gasteiger partial charge on any atom is 0.278 e. The van der Waals surface area contributed by atoms with E-state index in [0.29, 0.717) is 12.5 Å². The summed E-state index contributed by atoms with van der Waals surface area (Å²) >= 11 is 6.12. The zero-order chi connectivity index (χ0) is 23.8. The van der Waals surface area contributed by atoms with Crippen LogP contribution in [0.3, 0.4) is 0 Å². The number of hydrogen-bond acceptors (Lipinski definition) is 6. The molecule has 2 unspecified atom stereocenters. The minimum absolute atomic E-state index is 0.0135. The van der Waals surface area contributed by atoms with Gasteiger partial charge in [-0.2, -0.15) is 0 Å². The highest BCUT2D eigenvalue weighted by Crippen LogP contribution is 2.51. The van der Waals surface area contributed by atoms with Crippen molar-refractivity contribution < 1.29 is 27.9 Å². The lowest BCUT2D eigenvalue weighted by atomic mass is 9.85. The summed E-state index contributed by atoms with van der Waals surface area (Å²) in [5.41, 5.74) is 4.15. The lowest BCUT2D eigenvalue weighted by molar-refractivity contribution is -0.133. The number of primary amides is 1. The van der Waals surface area contributed by atoms with Crippen molar-refractivity contribution in [3.05, 3.63) is 35.0 Å². The number of pyridine rings is 1. The molecular formula is C20H22ClF2N5O4. The Morgan fingerprint density at radius 3 is 2.69 bits per heavy atom. The van der Waals surface area contributed by atoms with E-state index in [0.717, 1.165) is 0 Å². The van der Waals surface area contributed by atoms with Crippen molar-refractivity contribution in [1.82, 2.24) is 15.2 Å². The first-order valence-corrected chi connectivity index (χ1v) is 10.1. The Hall–Kier alpha value is -3.08. The summed E-state index contributed by atoms with van der Waals surface area (Å²) in [7, 11) is 0. The van der Waals surface area contributed by atoms with Gasteiger partial charge in [-0.15, -0.1) is 0 Å². The molecule has 1 aromatic heterocycles. The molecule has 32 heavy (non-hydrogen) atoms. The minimum atomic E-state index is -3.05. The van der Waals surface area contributed by atoms with Crippen LogP contribution in [0.1, 0.15) is 25.5 Å². The van der Waals surface area contributed by atoms with Crippen molar-refractivity contribution >= 4 is 35.0 Å². The third-order valence-corrected chi connectivity index (χ3v) is 5.64. The third kappa shape index (κ3) is 4.72. The number of halogens is 3. The second kappa shape index (κ2) is 8.45. The van der Waals surface area contributed by atoms with E-state index in [1.165, 1.54) is 17.2 Å². The van der Waals surface area contributed by atoms with Gasteiger partial charge < -0.3 is 20.7 Å². The second-order valence-electron chi connectivity index (χ2n) is 7.93. The molecule has 1 saturated heterocycles. The van der Waals surface area contributed by atoms with E-state index in [9.17, 15) is 23.2 Å². The number of rotatable bonds is 9. The van der Waals surface area contributed by atoms with Crippen LogP contribution >= 0.6 is 11.6 Å². The topological polar surface area (TPSA) is 138 Å². The van der Waals surface area contributed by atoms with Gasteiger partial charge in [-0.05, 0) is 18.6 Å². The van der Waals surface area contributed by atoms with Gasteiger partial charge in [0.05, 0.1) is 18.0 Å². The Balaban J connectivity index is 1.74. The number of likely N-dealkylation sites (tertiary alicyclic amines) is 1. The zero-order valence-corrected chi connectivity index (χ0v) is 18.1. The maximum atomic E-state index is 13.1. The summed E-state index contributed by atoms with van der Waals surface area (Å²) in [6.07, 6.45) is 4.64. The van der Waals surface area contributed by atoms with Crippen LogP contribution in [-0.2, 0) is 14.4 Å². The summed E-state index contributed by atoms with van der Waals surface area (Å²) < 4.78 is 31.0. The van der Waals surface area contributed by atoms with Gasteiger partial charge in [0.2, 0.25) is 17.7 Å². The number of nitrogens with two attached hydrogens (primary N) is 1. The van der Waals surface area contributed by atoms with Crippen molar-refractivity contribution in [3.63, 3.8) is 0 Å². The van der Waals surface area contributed by atoms with Crippen molar-refractivity contribution in [2.45, 2.75) is 25.8 Å². The number of ether oxygens (including phenoxy) is 1. The van der Waals surface area contributed by atoms with Crippen LogP contribution in [0, 0.1) is 16.7 Å². The van der Waals surface area contributed by atoms with Gasteiger partial charge in [0.25, 0.3) is 11.8 Å². The quantitative estimate of drug-likeness (QED) is 0.371. The highest BCUT2D eigenvalue weighted by molar-refractivity contribution is 6.40. The highest BCUT2D eigenvalue weighted by atomic mass is 35.5. The minimum Gasteiger partial charge on any atom is -0.470 e. The van der Waals surface area contributed by atoms with E-state index in [4.69, 9.17) is 27.5 Å². The van der Waals surface area contributed by atoms with Gasteiger partial charge in [-0.3, -0.25) is 19.8 Å². The van der Waals surface area contributed by atoms with Crippen LogP contribution < -0.4 is 15.8 Å². The lowest BCUT2D eigenvalue weighted by Gasteiger charge is -2.25. The molecule has 3 amide bonds. The average molecular weight is 470 g/mol. The van der Waals surface area contributed by atoms with Crippen LogP contribution in [-0.4, -0.2) is 58.9 Å². The molecule has 1 aliphatic heterocycles. The second-order valence-corrected chi connectivity index (χ2v) is 8.34. The molecule has 4 N–H and O–H groups in total. The number of amides is 3. The largest absolute Gasteiger partial charge is 0.470 e. The van der Waals surface area contributed by atoms with Crippen molar-refractivity contribution in [2.24, 2.45) is 17.1 Å². The lowest BCUT2D eigenvalue weighted by Crippen LogP contribution is -2.42. The van der Waals surface area contributed by atoms with E-state index >= 15 is 0 Å². The summed E-state index contributed by atoms with van der Waals surface area (Å²) in [6, 6.07) is 0.945. The number of alkyl halides is 2. The number of aromatic nitrogens is 1. The molecule has 0 aromatic carbocycles. The smallest absolute Gasteiger partial charge is 0.278 e. The number of nitrogens with zero attached hydrogens (tertiary/aromatic N) is 2. The van der Waals surface area contributed by atoms with Gasteiger partial charge in [0, 0.05) is 25.6 Å². The summed E-state index contributed by atoms with van der Waals surface area (Å²) in [4.78, 5) is 41.6. The van der Waals surface area contributed by atoms with Gasteiger partial charge in [-0.1, -0.05) is 23.8 Å². The number of nitrogens with one attached hydrogen (secondary N) is 2. The summed E-state index contributed by atoms with van der Waals surface area (Å²) in [5, 5.41) is 10.5. The summed E-state index contributed by atoms with van der Waals surface area (Å²) in [5.74, 6) is -5.74. The third-order valence-electron chi connectivity index (χ3n) is 5.37. The predicted octanol–water partition coefficient (Wildman–Crippen LogP) is 1.47. The van der Waals surface area contributed by atoms with Crippen molar-refractivity contribution in [2.75, 3.05) is 19.7 Å². The van der Waals surface area contributed by atoms with Crippen LogP contribution in [0.25, 0.3) is 0 Å². The Labute approximate surface area is 187 Å². The van der Waals surface area contributed by atoms with Crippen LogP contribution in [0.5, 0.6) is 5.88 Å². The number of carbonyl (C=O) groups excluding carboxylic acids is 3. The van der Waals surface area contributed by atoms with Crippen LogP contribution in [0.4, 0.5) is 8.78 Å². The fraction of sp³-hybridized carbons (Fsp3) is 0.450. The zero-order valence-electron chi connectivity index (χ0n) is 17.3. The molecule has 172 valence electrons. The summed E-state index contributed by atoms with van der Waals surface area (Å²) in [6.45, 7) is 1.22. The molecule has 1 spiro atoms.